The molecule has 0 aromatic heterocycles. The molecule has 0 radical (unpaired) electrons. The summed E-state index contributed by atoms with van der Waals surface area (Å²) >= 11 is 16.0. The second kappa shape index (κ2) is 10.0. The van der Waals surface area contributed by atoms with Crippen molar-refractivity contribution in [2.75, 3.05) is 13.2 Å². The molecule has 0 aromatic rings. The van der Waals surface area contributed by atoms with Crippen LogP contribution in [0.5, 0.6) is 0 Å². The van der Waals surface area contributed by atoms with Gasteiger partial charge in [0.25, 0.3) is 0 Å². The summed E-state index contributed by atoms with van der Waals surface area (Å²) in [4.78, 5) is 30.5. The standard InChI is InChI=1S/C7H10Cl3NO3.C2HF3O2/c8-7(9,10)4-14-6(13)2-1-5(12)3-11;3-2(4,5)1(6)7/h1-4,11H2;(H,6,7). The van der Waals surface area contributed by atoms with Crippen LogP contribution in [0.4, 0.5) is 13.2 Å². The fourth-order valence-corrected chi connectivity index (χ4v) is 0.765. The molecule has 124 valence electrons. The molecule has 3 N–H and O–H groups in total. The normalized spacial score (nSPS) is 11.2. The number of halogens is 6. The molecule has 0 aliphatic carbocycles. The minimum Gasteiger partial charge on any atom is -0.542 e. The summed E-state index contributed by atoms with van der Waals surface area (Å²) in [5.74, 6) is -3.67. The highest BCUT2D eigenvalue weighted by atomic mass is 35.6. The molecule has 0 spiro atoms. The number of ketones is 1. The van der Waals surface area contributed by atoms with Crippen molar-refractivity contribution in [2.24, 2.45) is 0 Å². The molecule has 12 heteroatoms. The summed E-state index contributed by atoms with van der Waals surface area (Å²) in [6, 6.07) is 0. The number of aliphatic carboxylic acids is 1. The number of Topliss-reactive ketones (excluding diaryl/α,β-unsaturated/α-hetero) is 1. The van der Waals surface area contributed by atoms with E-state index in [-0.39, 0.29) is 31.8 Å². The number of carboxylic acid groups (broad SMARTS) is 1. The Hall–Kier alpha value is -0.770. The molecule has 0 rings (SSSR count). The van der Waals surface area contributed by atoms with E-state index in [2.05, 4.69) is 10.5 Å². The van der Waals surface area contributed by atoms with Gasteiger partial charge in [-0.05, 0) is 0 Å². The van der Waals surface area contributed by atoms with Crippen LogP contribution in [0.25, 0.3) is 0 Å². The predicted octanol–water partition coefficient (Wildman–Crippen LogP) is -0.210. The summed E-state index contributed by atoms with van der Waals surface area (Å²) in [6.45, 7) is -0.146. The Labute approximate surface area is 132 Å². The third-order valence-electron chi connectivity index (χ3n) is 1.52. The van der Waals surface area contributed by atoms with Crippen LogP contribution in [0, 0.1) is 0 Å². The molecular weight excluding hydrogens is 365 g/mol. The van der Waals surface area contributed by atoms with Crippen LogP contribution in [0.3, 0.4) is 0 Å². The van der Waals surface area contributed by atoms with Crippen LogP contribution in [0.2, 0.25) is 0 Å². The van der Waals surface area contributed by atoms with E-state index >= 15 is 0 Å². The molecule has 0 heterocycles. The number of ether oxygens (including phenoxy) is 1. The number of carbonyl (C=O) groups excluding carboxylic acids is 3. The first-order chi connectivity index (χ1) is 9.29. The molecular formula is C9H11Cl3F3NO5. The van der Waals surface area contributed by atoms with Gasteiger partial charge in [-0.25, -0.2) is 0 Å². The zero-order chi connectivity index (χ0) is 17.3. The van der Waals surface area contributed by atoms with E-state index in [0.29, 0.717) is 0 Å². The Bertz CT molecular complexity index is 371. The zero-order valence-corrected chi connectivity index (χ0v) is 12.6. The Morgan fingerprint density at radius 1 is 1.10 bits per heavy atom. The molecule has 6 nitrogen and oxygen atoms in total. The second-order valence-electron chi connectivity index (χ2n) is 3.35. The number of alkyl halides is 6. The molecule has 0 amide bonds. The minimum atomic E-state index is -5.19. The van der Waals surface area contributed by atoms with Crippen molar-refractivity contribution < 1.29 is 43.1 Å². The summed E-state index contributed by atoms with van der Waals surface area (Å²) in [7, 11) is 0. The van der Waals surface area contributed by atoms with Crippen LogP contribution in [0.15, 0.2) is 0 Å². The Morgan fingerprint density at radius 2 is 1.52 bits per heavy atom. The first kappa shape index (κ1) is 22.5. The van der Waals surface area contributed by atoms with Crippen molar-refractivity contribution in [3.63, 3.8) is 0 Å². The highest BCUT2D eigenvalue weighted by molar-refractivity contribution is 6.67. The monoisotopic (exact) mass is 375 g/mol. The third kappa shape index (κ3) is 17.2. The zero-order valence-electron chi connectivity index (χ0n) is 10.3. The van der Waals surface area contributed by atoms with Gasteiger partial charge in [0, 0.05) is 6.42 Å². The van der Waals surface area contributed by atoms with E-state index in [0.717, 1.165) is 0 Å². The van der Waals surface area contributed by atoms with Crippen LogP contribution in [-0.2, 0) is 19.1 Å². The Morgan fingerprint density at radius 3 is 1.81 bits per heavy atom. The lowest BCUT2D eigenvalue weighted by atomic mass is 10.2. The highest BCUT2D eigenvalue weighted by Gasteiger charge is 2.28. The van der Waals surface area contributed by atoms with Crippen molar-refractivity contribution in [3.05, 3.63) is 0 Å². The fourth-order valence-electron chi connectivity index (χ4n) is 0.601. The van der Waals surface area contributed by atoms with E-state index < -0.39 is 21.9 Å². The average Bonchev–Trinajstić information content (AvgIpc) is 2.32. The summed E-state index contributed by atoms with van der Waals surface area (Å²) in [5, 5.41) is 8.78. The van der Waals surface area contributed by atoms with E-state index in [9.17, 15) is 22.8 Å². The topological polar surface area (TPSA) is 111 Å². The Kier molecular flexibility index (Phi) is 10.8. The predicted molar refractivity (Wildman–Crippen MR) is 64.3 cm³/mol. The van der Waals surface area contributed by atoms with Gasteiger partial charge in [-0.3, -0.25) is 9.59 Å². The Balaban J connectivity index is 0. The van der Waals surface area contributed by atoms with Crippen molar-refractivity contribution in [2.45, 2.75) is 22.8 Å². The van der Waals surface area contributed by atoms with Gasteiger partial charge >= 0.3 is 12.1 Å². The molecule has 0 unspecified atom stereocenters. The lowest BCUT2D eigenvalue weighted by Gasteiger charge is -2.10. The van der Waals surface area contributed by atoms with Crippen molar-refractivity contribution in [3.8, 4) is 0 Å². The van der Waals surface area contributed by atoms with Crippen LogP contribution < -0.4 is 10.8 Å². The molecule has 0 bridgehead atoms. The smallest absolute Gasteiger partial charge is 0.430 e. The van der Waals surface area contributed by atoms with Crippen molar-refractivity contribution in [1.82, 2.24) is 0 Å². The van der Waals surface area contributed by atoms with Crippen LogP contribution >= 0.6 is 34.8 Å². The number of hydrogen-bond acceptors (Lipinski definition) is 5. The van der Waals surface area contributed by atoms with E-state index in [1.54, 1.807) is 0 Å². The van der Waals surface area contributed by atoms with Gasteiger partial charge in [0.05, 0.1) is 6.42 Å². The molecule has 0 aliphatic rings. The van der Waals surface area contributed by atoms with Gasteiger partial charge in [0.1, 0.15) is 19.1 Å². The maximum atomic E-state index is 10.9. The summed E-state index contributed by atoms with van der Waals surface area (Å²) in [5.41, 5.74) is 3.38. The number of quaternary nitrogens is 1. The molecule has 0 saturated heterocycles. The maximum Gasteiger partial charge on any atom is 0.430 e. The number of carbonyl (C=O) groups is 3. The fraction of sp³-hybridized carbons (Fsp3) is 0.667. The molecule has 0 atom stereocenters. The van der Waals surface area contributed by atoms with Gasteiger partial charge in [0.2, 0.25) is 3.79 Å². The molecule has 21 heavy (non-hydrogen) atoms. The van der Waals surface area contributed by atoms with Crippen LogP contribution in [-0.4, -0.2) is 40.8 Å². The molecule has 0 fully saturated rings. The van der Waals surface area contributed by atoms with Crippen LogP contribution in [0.1, 0.15) is 12.8 Å². The first-order valence-corrected chi connectivity index (χ1v) is 6.24. The molecule has 0 aromatic carbocycles. The van der Waals surface area contributed by atoms with E-state index in [1.807, 2.05) is 0 Å². The largest absolute Gasteiger partial charge is 0.542 e. The SMILES string of the molecule is O=C([O-])C(F)(F)F.[NH3+]CC(=O)CCC(=O)OCC(Cl)(Cl)Cl. The highest BCUT2D eigenvalue weighted by Crippen LogP contribution is 2.26. The van der Waals surface area contributed by atoms with E-state index in [1.165, 1.54) is 0 Å². The van der Waals surface area contributed by atoms with Gasteiger partial charge < -0.3 is 20.4 Å². The first-order valence-electron chi connectivity index (χ1n) is 5.11. The number of rotatable bonds is 5. The lowest BCUT2D eigenvalue weighted by molar-refractivity contribution is -0.354. The van der Waals surface area contributed by atoms with Crippen molar-refractivity contribution in [1.29, 1.82) is 0 Å². The lowest BCUT2D eigenvalue weighted by Crippen LogP contribution is -2.54. The second-order valence-corrected chi connectivity index (χ2v) is 5.87. The third-order valence-corrected chi connectivity index (χ3v) is 1.84. The summed E-state index contributed by atoms with van der Waals surface area (Å²) < 4.78 is 34.5. The van der Waals surface area contributed by atoms with Gasteiger partial charge in [0.15, 0.2) is 5.78 Å². The number of carboxylic acids is 1. The molecule has 0 aliphatic heterocycles. The van der Waals surface area contributed by atoms with Gasteiger partial charge in [-0.1, -0.05) is 34.8 Å². The van der Waals surface area contributed by atoms with Gasteiger partial charge in [-0.2, -0.15) is 13.2 Å². The van der Waals surface area contributed by atoms with E-state index in [4.69, 9.17) is 44.7 Å². The number of esters is 1. The average molecular weight is 377 g/mol. The maximum absolute atomic E-state index is 10.9. The van der Waals surface area contributed by atoms with Gasteiger partial charge in [-0.15, -0.1) is 0 Å². The van der Waals surface area contributed by atoms with Crippen molar-refractivity contribution >= 4 is 52.5 Å². The number of hydrogen-bond donors (Lipinski definition) is 1. The molecule has 0 saturated carbocycles. The quantitative estimate of drug-likeness (QED) is 0.527. The minimum absolute atomic E-state index is 0.00486. The summed E-state index contributed by atoms with van der Waals surface area (Å²) in [6.07, 6.45) is -5.09.